The van der Waals surface area contributed by atoms with Gasteiger partial charge in [0, 0.05) is 49.4 Å². The van der Waals surface area contributed by atoms with E-state index in [-0.39, 0.29) is 24.4 Å². The number of carbonyl (C=O) groups is 1. The van der Waals surface area contributed by atoms with Gasteiger partial charge in [-0.25, -0.2) is 4.79 Å². The first kappa shape index (κ1) is 27.6. The second kappa shape index (κ2) is 11.4. The monoisotopic (exact) mass is 521 g/mol. The van der Waals surface area contributed by atoms with Crippen molar-refractivity contribution in [1.82, 2.24) is 9.88 Å². The molecule has 1 saturated carbocycles. The minimum atomic E-state index is -1.18. The molecule has 9 heteroatoms. The molecule has 0 atom stereocenters. The zero-order chi connectivity index (χ0) is 25.8. The van der Waals surface area contributed by atoms with Gasteiger partial charge in [-0.3, -0.25) is 9.36 Å². The first-order valence-electron chi connectivity index (χ1n) is 12.5. The van der Waals surface area contributed by atoms with Gasteiger partial charge in [0.25, 0.3) is 5.56 Å². The molecule has 1 fully saturated rings. The maximum Gasteiger partial charge on any atom is 0.407 e. The molecule has 1 aliphatic rings. The Morgan fingerprint density at radius 2 is 1.77 bits per heavy atom. The molecule has 0 bridgehead atoms. The second-order valence-electron chi connectivity index (χ2n) is 11.7. The van der Waals surface area contributed by atoms with E-state index < -0.39 is 13.7 Å². The lowest BCUT2D eigenvalue weighted by Gasteiger charge is -2.31. The number of amides is 1. The summed E-state index contributed by atoms with van der Waals surface area (Å²) in [6.45, 7) is 13.3. The van der Waals surface area contributed by atoms with E-state index in [9.17, 15) is 9.59 Å². The number of carbonyl (C=O) groups excluding carboxylic acids is 1. The van der Waals surface area contributed by atoms with Crippen LogP contribution in [0.4, 0.5) is 10.5 Å². The van der Waals surface area contributed by atoms with E-state index in [0.717, 1.165) is 42.8 Å². The van der Waals surface area contributed by atoms with Gasteiger partial charge in [-0.1, -0.05) is 31.2 Å². The number of ether oxygens (including phenoxy) is 2. The number of pyridine rings is 1. The fourth-order valence-electron chi connectivity index (χ4n) is 4.17. The normalized spacial score (nSPS) is 18.9. The van der Waals surface area contributed by atoms with Gasteiger partial charge in [0.1, 0.15) is 12.3 Å². The average Bonchev–Trinajstić information content (AvgIpc) is 2.74. The van der Waals surface area contributed by atoms with Crippen LogP contribution in [-0.2, 0) is 16.2 Å². The molecule has 0 spiro atoms. The molecule has 2 N–H and O–H groups in total. The Kier molecular flexibility index (Phi) is 8.94. The highest BCUT2D eigenvalue weighted by atomic mass is 35.5. The van der Waals surface area contributed by atoms with Crippen LogP contribution in [0, 0.1) is 0 Å². The Hall–Kier alpha value is -2.03. The number of alkyl carbamates (subject to hydrolysis) is 1. The first-order chi connectivity index (χ1) is 16.3. The Morgan fingerprint density at radius 3 is 2.40 bits per heavy atom. The summed E-state index contributed by atoms with van der Waals surface area (Å²) in [5, 5.41) is 8.40. The number of hydrogen-bond acceptors (Lipinski definition) is 5. The quantitative estimate of drug-likeness (QED) is 0.318. The standard InChI is InChI=1S/C26H40ClN3O4Si/c1-26(2,3)34-25(32)29-19-9-7-18(8-10-19)28-20-11-12-21-22(15-20)23(27)16-30(24(21)31)17-33-13-14-35(4,5)6/h11-12,15-16,18-19,28H,7-10,13-14,17H2,1-6H3,(H,29,32). The molecule has 35 heavy (non-hydrogen) atoms. The summed E-state index contributed by atoms with van der Waals surface area (Å²) < 4.78 is 12.7. The van der Waals surface area contributed by atoms with Gasteiger partial charge in [0.15, 0.2) is 0 Å². The molecular formula is C26H40ClN3O4Si. The van der Waals surface area contributed by atoms with E-state index in [4.69, 9.17) is 21.1 Å². The molecule has 1 amide bonds. The van der Waals surface area contributed by atoms with Crippen molar-refractivity contribution in [2.24, 2.45) is 0 Å². The smallest absolute Gasteiger partial charge is 0.407 e. The number of nitrogens with zero attached hydrogens (tertiary/aromatic N) is 1. The molecule has 2 aromatic rings. The van der Waals surface area contributed by atoms with Crippen LogP contribution >= 0.6 is 11.6 Å². The van der Waals surface area contributed by atoms with E-state index >= 15 is 0 Å². The second-order valence-corrected chi connectivity index (χ2v) is 17.7. The van der Waals surface area contributed by atoms with Crippen LogP contribution in [0.15, 0.2) is 29.2 Å². The van der Waals surface area contributed by atoms with E-state index in [1.54, 1.807) is 10.8 Å². The number of anilines is 1. The summed E-state index contributed by atoms with van der Waals surface area (Å²) in [5.74, 6) is 0. The summed E-state index contributed by atoms with van der Waals surface area (Å²) in [7, 11) is -1.18. The van der Waals surface area contributed by atoms with E-state index in [2.05, 4.69) is 30.3 Å². The van der Waals surface area contributed by atoms with E-state index in [1.807, 2.05) is 39.0 Å². The predicted molar refractivity (Wildman–Crippen MR) is 146 cm³/mol. The zero-order valence-electron chi connectivity index (χ0n) is 21.9. The molecule has 1 aliphatic carbocycles. The molecule has 0 aliphatic heterocycles. The van der Waals surface area contributed by atoms with Gasteiger partial charge in [0.2, 0.25) is 0 Å². The highest BCUT2D eigenvalue weighted by Gasteiger charge is 2.25. The summed E-state index contributed by atoms with van der Waals surface area (Å²) >= 11 is 6.56. The number of fused-ring (bicyclic) bond motifs is 1. The summed E-state index contributed by atoms with van der Waals surface area (Å²) in [5.41, 5.74) is 0.341. The lowest BCUT2D eigenvalue weighted by molar-refractivity contribution is 0.0492. The zero-order valence-corrected chi connectivity index (χ0v) is 23.6. The Labute approximate surface area is 214 Å². The van der Waals surface area contributed by atoms with E-state index in [1.165, 1.54) is 0 Å². The minimum absolute atomic E-state index is 0.0994. The topological polar surface area (TPSA) is 81.6 Å². The molecule has 1 aromatic carbocycles. The van der Waals surface area contributed by atoms with Crippen LogP contribution in [0.1, 0.15) is 46.5 Å². The van der Waals surface area contributed by atoms with Crippen molar-refractivity contribution < 1.29 is 14.3 Å². The van der Waals surface area contributed by atoms with Crippen molar-refractivity contribution in [1.29, 1.82) is 0 Å². The summed E-state index contributed by atoms with van der Waals surface area (Å²) in [4.78, 5) is 25.0. The van der Waals surface area contributed by atoms with Crippen molar-refractivity contribution in [3.63, 3.8) is 0 Å². The van der Waals surface area contributed by atoms with Crippen LogP contribution < -0.4 is 16.2 Å². The third kappa shape index (κ3) is 8.54. The number of nitrogens with one attached hydrogen (secondary N) is 2. The summed E-state index contributed by atoms with van der Waals surface area (Å²) in [6, 6.07) is 7.18. The molecular weight excluding hydrogens is 482 g/mol. The number of benzene rings is 1. The fourth-order valence-corrected chi connectivity index (χ4v) is 5.20. The Bertz CT molecular complexity index is 1080. The maximum atomic E-state index is 13.0. The largest absolute Gasteiger partial charge is 0.444 e. The molecule has 0 saturated heterocycles. The van der Waals surface area contributed by atoms with Crippen LogP contribution in [0.25, 0.3) is 10.8 Å². The van der Waals surface area contributed by atoms with Crippen molar-refractivity contribution in [3.8, 4) is 0 Å². The Morgan fingerprint density at radius 1 is 1.11 bits per heavy atom. The number of halogens is 1. The highest BCUT2D eigenvalue weighted by Crippen LogP contribution is 2.27. The van der Waals surface area contributed by atoms with Gasteiger partial charge in [0.05, 0.1) is 5.02 Å². The summed E-state index contributed by atoms with van der Waals surface area (Å²) in [6.07, 6.45) is 4.94. The number of rotatable bonds is 8. The van der Waals surface area contributed by atoms with Crippen molar-refractivity contribution in [2.75, 3.05) is 11.9 Å². The fraction of sp³-hybridized carbons (Fsp3) is 0.615. The average molecular weight is 522 g/mol. The first-order valence-corrected chi connectivity index (χ1v) is 16.6. The molecule has 194 valence electrons. The number of hydrogen-bond donors (Lipinski definition) is 2. The van der Waals surface area contributed by atoms with Crippen molar-refractivity contribution >= 4 is 42.2 Å². The maximum absolute atomic E-state index is 13.0. The number of aromatic nitrogens is 1. The molecule has 1 aromatic heterocycles. The van der Waals surface area contributed by atoms with Crippen LogP contribution in [0.3, 0.4) is 0 Å². The van der Waals surface area contributed by atoms with Crippen LogP contribution in [0.2, 0.25) is 30.7 Å². The minimum Gasteiger partial charge on any atom is -0.444 e. The highest BCUT2D eigenvalue weighted by molar-refractivity contribution is 6.76. The van der Waals surface area contributed by atoms with Crippen LogP contribution in [-0.4, -0.2) is 43.0 Å². The molecule has 1 heterocycles. The van der Waals surface area contributed by atoms with Crippen molar-refractivity contribution in [3.05, 3.63) is 39.8 Å². The SMILES string of the molecule is CC(C)(C)OC(=O)NC1CCC(Nc2ccc3c(=O)n(COCC[Si](C)(C)C)cc(Cl)c3c2)CC1. The lowest BCUT2D eigenvalue weighted by atomic mass is 9.91. The third-order valence-electron chi connectivity index (χ3n) is 6.08. The van der Waals surface area contributed by atoms with Gasteiger partial charge in [-0.2, -0.15) is 0 Å². The Balaban J connectivity index is 1.58. The lowest BCUT2D eigenvalue weighted by Crippen LogP contribution is -2.42. The van der Waals surface area contributed by atoms with Gasteiger partial charge in [-0.15, -0.1) is 0 Å². The molecule has 7 nitrogen and oxygen atoms in total. The van der Waals surface area contributed by atoms with Crippen molar-refractivity contribution in [2.45, 2.75) is 96.6 Å². The molecule has 3 rings (SSSR count). The van der Waals surface area contributed by atoms with Gasteiger partial charge in [-0.05, 0) is 70.7 Å². The van der Waals surface area contributed by atoms with E-state index in [0.29, 0.717) is 23.1 Å². The van der Waals surface area contributed by atoms with Crippen LogP contribution in [0.5, 0.6) is 0 Å². The molecule has 0 unspecified atom stereocenters. The van der Waals surface area contributed by atoms with Gasteiger partial charge < -0.3 is 20.1 Å². The third-order valence-corrected chi connectivity index (χ3v) is 8.09. The predicted octanol–water partition coefficient (Wildman–Crippen LogP) is 6.22. The van der Waals surface area contributed by atoms with Gasteiger partial charge >= 0.3 is 6.09 Å². The molecule has 0 radical (unpaired) electrons.